The number of hydrogen-bond acceptors (Lipinski definition) is 7. The molecule has 0 bridgehead atoms. The fourth-order valence-corrected chi connectivity index (χ4v) is 3.49. The molecule has 0 aliphatic carbocycles. The molecule has 0 aliphatic rings. The predicted octanol–water partition coefficient (Wildman–Crippen LogP) is 2.59. The summed E-state index contributed by atoms with van der Waals surface area (Å²) in [6, 6.07) is 1.78. The van der Waals surface area contributed by atoms with Crippen molar-refractivity contribution < 1.29 is 33.6 Å². The number of methoxy groups -OCH3 is 5. The van der Waals surface area contributed by atoms with Crippen LogP contribution >= 0.6 is 15.9 Å². The largest absolute Gasteiger partial charge is 0.495 e. The molecule has 0 spiro atoms. The van der Waals surface area contributed by atoms with Crippen molar-refractivity contribution in [2.75, 3.05) is 35.5 Å². The molecule has 0 aromatic heterocycles. The second-order valence-corrected chi connectivity index (χ2v) is 6.75. The van der Waals surface area contributed by atoms with E-state index in [-0.39, 0.29) is 5.92 Å². The fraction of sp³-hybridized carbons (Fsp3) is 0.611. The highest BCUT2D eigenvalue weighted by Crippen LogP contribution is 2.44. The summed E-state index contributed by atoms with van der Waals surface area (Å²) in [7, 11) is 7.40. The summed E-state index contributed by atoms with van der Waals surface area (Å²) in [5.74, 6) is 1.14. The molecule has 1 N–H and O–H groups in total. The molecule has 3 atom stereocenters. The molecular formula is C18H27BrO7. The van der Waals surface area contributed by atoms with Crippen molar-refractivity contribution in [3.63, 3.8) is 0 Å². The van der Waals surface area contributed by atoms with Crippen LogP contribution in [0.15, 0.2) is 10.5 Å². The van der Waals surface area contributed by atoms with E-state index in [0.29, 0.717) is 30.1 Å². The van der Waals surface area contributed by atoms with Crippen LogP contribution in [0.2, 0.25) is 0 Å². The maximum atomic E-state index is 11.6. The lowest BCUT2D eigenvalue weighted by Gasteiger charge is -2.24. The molecular weight excluding hydrogens is 408 g/mol. The van der Waals surface area contributed by atoms with Gasteiger partial charge in [-0.25, -0.2) is 4.79 Å². The Bertz CT molecular complexity index is 606. The number of hydrogen-bond donors (Lipinski definition) is 1. The standard InChI is InChI=1S/C18H27BrO7/c1-10(8-13(22-2)15(20)18(21)26-6)7-11-16(24-4)12(19)9-14(23-3)17(11)25-5/h9-10,13,15,20H,7-8H2,1-6H3/t10-,13+,15+/m1/s1. The summed E-state index contributed by atoms with van der Waals surface area (Å²) in [6.07, 6.45) is -1.01. The van der Waals surface area contributed by atoms with Crippen LogP contribution in [0, 0.1) is 5.92 Å². The van der Waals surface area contributed by atoms with Crippen LogP contribution in [0.3, 0.4) is 0 Å². The summed E-state index contributed by atoms with van der Waals surface area (Å²) in [6.45, 7) is 1.99. The van der Waals surface area contributed by atoms with E-state index in [1.54, 1.807) is 27.4 Å². The van der Waals surface area contributed by atoms with Crippen molar-refractivity contribution >= 4 is 21.9 Å². The molecule has 148 valence electrons. The van der Waals surface area contributed by atoms with E-state index in [9.17, 15) is 9.90 Å². The molecule has 0 aliphatic heterocycles. The molecule has 7 nitrogen and oxygen atoms in total. The minimum absolute atomic E-state index is 0.0427. The third kappa shape index (κ3) is 5.25. The average molecular weight is 435 g/mol. The van der Waals surface area contributed by atoms with E-state index in [2.05, 4.69) is 20.7 Å². The highest BCUT2D eigenvalue weighted by molar-refractivity contribution is 9.10. The van der Waals surface area contributed by atoms with Gasteiger partial charge in [0.05, 0.1) is 39.0 Å². The third-order valence-electron chi connectivity index (χ3n) is 4.16. The first-order chi connectivity index (χ1) is 12.3. The average Bonchev–Trinajstić information content (AvgIpc) is 2.64. The molecule has 0 heterocycles. The molecule has 0 unspecified atom stereocenters. The van der Waals surface area contributed by atoms with Crippen LogP contribution in [0.5, 0.6) is 17.2 Å². The minimum Gasteiger partial charge on any atom is -0.495 e. The van der Waals surface area contributed by atoms with Gasteiger partial charge < -0.3 is 28.8 Å². The van der Waals surface area contributed by atoms with Crippen LogP contribution in [0.25, 0.3) is 0 Å². The number of rotatable bonds is 10. The Hall–Kier alpha value is -1.51. The third-order valence-corrected chi connectivity index (χ3v) is 4.75. The van der Waals surface area contributed by atoms with Gasteiger partial charge in [-0.05, 0) is 34.7 Å². The van der Waals surface area contributed by atoms with E-state index < -0.39 is 18.2 Å². The number of esters is 1. The van der Waals surface area contributed by atoms with Crippen molar-refractivity contribution in [2.24, 2.45) is 5.92 Å². The Morgan fingerprint density at radius 1 is 1.12 bits per heavy atom. The van der Waals surface area contributed by atoms with Gasteiger partial charge in [-0.15, -0.1) is 0 Å². The summed E-state index contributed by atoms with van der Waals surface area (Å²) >= 11 is 3.48. The fourth-order valence-electron chi connectivity index (χ4n) is 2.88. The molecule has 0 saturated heterocycles. The number of benzene rings is 1. The second-order valence-electron chi connectivity index (χ2n) is 5.89. The van der Waals surface area contributed by atoms with Gasteiger partial charge in [0.25, 0.3) is 0 Å². The normalized spacial score (nSPS) is 14.3. The van der Waals surface area contributed by atoms with Crippen LogP contribution < -0.4 is 14.2 Å². The maximum absolute atomic E-state index is 11.6. The van der Waals surface area contributed by atoms with E-state index in [1.165, 1.54) is 14.2 Å². The van der Waals surface area contributed by atoms with Crippen LogP contribution in [0.1, 0.15) is 18.9 Å². The Morgan fingerprint density at radius 3 is 2.19 bits per heavy atom. The van der Waals surface area contributed by atoms with Gasteiger partial charge in [0.2, 0.25) is 0 Å². The zero-order valence-corrected chi connectivity index (χ0v) is 17.6. The quantitative estimate of drug-likeness (QED) is 0.566. The molecule has 1 aromatic carbocycles. The second kappa shape index (κ2) is 10.6. The van der Waals surface area contributed by atoms with Crippen molar-refractivity contribution in [3.8, 4) is 17.2 Å². The molecule has 0 amide bonds. The molecule has 8 heteroatoms. The first-order valence-electron chi connectivity index (χ1n) is 8.10. The minimum atomic E-state index is -1.34. The first-order valence-corrected chi connectivity index (χ1v) is 8.89. The number of aliphatic hydroxyl groups is 1. The molecule has 1 rings (SSSR count). The maximum Gasteiger partial charge on any atom is 0.337 e. The first kappa shape index (κ1) is 22.5. The van der Waals surface area contributed by atoms with Gasteiger partial charge in [0.15, 0.2) is 17.6 Å². The van der Waals surface area contributed by atoms with Crippen molar-refractivity contribution in [1.29, 1.82) is 0 Å². The van der Waals surface area contributed by atoms with E-state index in [1.807, 2.05) is 6.92 Å². The van der Waals surface area contributed by atoms with Crippen molar-refractivity contribution in [2.45, 2.75) is 32.0 Å². The van der Waals surface area contributed by atoms with Gasteiger partial charge in [-0.3, -0.25) is 0 Å². The zero-order chi connectivity index (χ0) is 19.9. The highest BCUT2D eigenvalue weighted by Gasteiger charge is 2.29. The van der Waals surface area contributed by atoms with Crippen molar-refractivity contribution in [3.05, 3.63) is 16.1 Å². The number of carbonyl (C=O) groups excluding carboxylic acids is 1. The Kier molecular flexibility index (Phi) is 9.18. The number of carbonyl (C=O) groups is 1. The summed E-state index contributed by atoms with van der Waals surface area (Å²) in [5, 5.41) is 10.0. The molecule has 0 fully saturated rings. The lowest BCUT2D eigenvalue weighted by Crippen LogP contribution is -2.37. The van der Waals surface area contributed by atoms with Gasteiger partial charge >= 0.3 is 5.97 Å². The van der Waals surface area contributed by atoms with Gasteiger partial charge in [0, 0.05) is 18.7 Å². The summed E-state index contributed by atoms with van der Waals surface area (Å²) < 4.78 is 27.0. The highest BCUT2D eigenvalue weighted by atomic mass is 79.9. The monoisotopic (exact) mass is 434 g/mol. The lowest BCUT2D eigenvalue weighted by atomic mass is 9.92. The molecule has 1 aromatic rings. The summed E-state index contributed by atoms with van der Waals surface area (Å²) in [5.41, 5.74) is 0.830. The lowest BCUT2D eigenvalue weighted by molar-refractivity contribution is -0.158. The van der Waals surface area contributed by atoms with Crippen LogP contribution in [-0.4, -0.2) is 58.8 Å². The molecule has 0 saturated carbocycles. The number of aliphatic hydroxyl groups excluding tert-OH is 1. The SMILES string of the molecule is COC(=O)[C@@H](O)[C@H](C[C@H](C)Cc1c(OC)c(Br)cc(OC)c1OC)OC. The Labute approximate surface area is 162 Å². The smallest absolute Gasteiger partial charge is 0.337 e. The van der Waals surface area contributed by atoms with E-state index in [4.69, 9.17) is 18.9 Å². The molecule has 0 radical (unpaired) electrons. The Balaban J connectivity index is 3.09. The molecule has 26 heavy (non-hydrogen) atoms. The van der Waals surface area contributed by atoms with Gasteiger partial charge in [-0.2, -0.15) is 0 Å². The topological polar surface area (TPSA) is 83.5 Å². The van der Waals surface area contributed by atoms with Crippen LogP contribution in [-0.2, 0) is 20.7 Å². The van der Waals surface area contributed by atoms with E-state index >= 15 is 0 Å². The predicted molar refractivity (Wildman–Crippen MR) is 100 cm³/mol. The Morgan fingerprint density at radius 2 is 1.73 bits per heavy atom. The number of halogens is 1. The number of ether oxygens (including phenoxy) is 5. The summed E-state index contributed by atoms with van der Waals surface area (Å²) in [4.78, 5) is 11.6. The van der Waals surface area contributed by atoms with Gasteiger partial charge in [0.1, 0.15) is 5.75 Å². The zero-order valence-electron chi connectivity index (χ0n) is 16.0. The van der Waals surface area contributed by atoms with Crippen LogP contribution in [0.4, 0.5) is 0 Å². The van der Waals surface area contributed by atoms with Crippen molar-refractivity contribution in [1.82, 2.24) is 0 Å². The van der Waals surface area contributed by atoms with E-state index in [0.717, 1.165) is 10.0 Å². The van der Waals surface area contributed by atoms with Gasteiger partial charge in [-0.1, -0.05) is 6.92 Å².